The lowest BCUT2D eigenvalue weighted by Gasteiger charge is -2.30. The number of hydrogen-bond acceptors (Lipinski definition) is 5. The summed E-state index contributed by atoms with van der Waals surface area (Å²) in [6, 6.07) is 27.0. The SMILES string of the molecule is COc1cc(-c2cccc(N(Cc3ccc(-c4ccc(N(C)C)cc4)cc3)C(=O)C3CCCCC3)c2)ncn1. The van der Waals surface area contributed by atoms with Crippen LogP contribution in [0, 0.1) is 5.92 Å². The van der Waals surface area contributed by atoms with Gasteiger partial charge in [-0.05, 0) is 53.8 Å². The van der Waals surface area contributed by atoms with Crippen molar-refractivity contribution >= 4 is 17.3 Å². The van der Waals surface area contributed by atoms with E-state index in [9.17, 15) is 4.79 Å². The van der Waals surface area contributed by atoms with Gasteiger partial charge in [0.25, 0.3) is 0 Å². The molecule has 0 saturated heterocycles. The summed E-state index contributed by atoms with van der Waals surface area (Å²) in [7, 11) is 5.69. The van der Waals surface area contributed by atoms with Gasteiger partial charge in [0, 0.05) is 43.0 Å². The van der Waals surface area contributed by atoms with Gasteiger partial charge in [-0.1, -0.05) is 67.8 Å². The molecule has 3 aromatic carbocycles. The van der Waals surface area contributed by atoms with Crippen molar-refractivity contribution < 1.29 is 9.53 Å². The second-order valence-electron chi connectivity index (χ2n) is 10.4. The third-order valence-electron chi connectivity index (χ3n) is 7.54. The van der Waals surface area contributed by atoms with Gasteiger partial charge in [0.05, 0.1) is 19.3 Å². The number of methoxy groups -OCH3 is 1. The van der Waals surface area contributed by atoms with E-state index in [2.05, 4.69) is 63.4 Å². The van der Waals surface area contributed by atoms with Crippen molar-refractivity contribution in [2.75, 3.05) is 31.0 Å². The number of rotatable bonds is 8. The van der Waals surface area contributed by atoms with Crippen molar-refractivity contribution in [2.45, 2.75) is 38.6 Å². The molecule has 1 aliphatic carbocycles. The van der Waals surface area contributed by atoms with Gasteiger partial charge in [0.2, 0.25) is 11.8 Å². The lowest BCUT2D eigenvalue weighted by Crippen LogP contribution is -2.36. The van der Waals surface area contributed by atoms with Gasteiger partial charge in [-0.2, -0.15) is 0 Å². The molecule has 6 nitrogen and oxygen atoms in total. The van der Waals surface area contributed by atoms with Crippen molar-refractivity contribution in [2.24, 2.45) is 5.92 Å². The van der Waals surface area contributed by atoms with Crippen LogP contribution in [0.15, 0.2) is 85.2 Å². The first-order chi connectivity index (χ1) is 19.0. The lowest BCUT2D eigenvalue weighted by molar-refractivity contribution is -0.123. The van der Waals surface area contributed by atoms with E-state index in [0.717, 1.165) is 53.8 Å². The molecule has 200 valence electrons. The maximum absolute atomic E-state index is 13.9. The Hall–Kier alpha value is -4.19. The summed E-state index contributed by atoms with van der Waals surface area (Å²) >= 11 is 0. The molecule has 1 aromatic heterocycles. The van der Waals surface area contributed by atoms with Crippen molar-refractivity contribution in [1.82, 2.24) is 9.97 Å². The van der Waals surface area contributed by atoms with E-state index in [-0.39, 0.29) is 11.8 Å². The fourth-order valence-corrected chi connectivity index (χ4v) is 5.25. The Morgan fingerprint density at radius 2 is 1.51 bits per heavy atom. The molecular formula is C33H36N4O2. The van der Waals surface area contributed by atoms with Crippen molar-refractivity contribution in [3.8, 4) is 28.3 Å². The molecule has 1 saturated carbocycles. The van der Waals surface area contributed by atoms with E-state index in [0.29, 0.717) is 12.4 Å². The van der Waals surface area contributed by atoms with E-state index >= 15 is 0 Å². The molecule has 4 aromatic rings. The number of nitrogens with zero attached hydrogens (tertiary/aromatic N) is 4. The lowest BCUT2D eigenvalue weighted by atomic mass is 9.88. The minimum Gasteiger partial charge on any atom is -0.481 e. The van der Waals surface area contributed by atoms with E-state index in [4.69, 9.17) is 4.74 Å². The molecule has 39 heavy (non-hydrogen) atoms. The molecule has 0 spiro atoms. The maximum Gasteiger partial charge on any atom is 0.230 e. The highest BCUT2D eigenvalue weighted by Gasteiger charge is 2.27. The van der Waals surface area contributed by atoms with Crippen LogP contribution in [-0.2, 0) is 11.3 Å². The van der Waals surface area contributed by atoms with Crippen molar-refractivity contribution in [3.05, 3.63) is 90.8 Å². The fourth-order valence-electron chi connectivity index (χ4n) is 5.25. The Morgan fingerprint density at radius 1 is 0.821 bits per heavy atom. The first kappa shape index (κ1) is 26.4. The van der Waals surface area contributed by atoms with Crippen LogP contribution < -0.4 is 14.5 Å². The van der Waals surface area contributed by atoms with Crippen LogP contribution in [0.1, 0.15) is 37.7 Å². The van der Waals surface area contributed by atoms with Gasteiger partial charge in [0.1, 0.15) is 6.33 Å². The summed E-state index contributed by atoms with van der Waals surface area (Å²) in [5.74, 6) is 0.781. The monoisotopic (exact) mass is 520 g/mol. The summed E-state index contributed by atoms with van der Waals surface area (Å²) < 4.78 is 5.29. The highest BCUT2D eigenvalue weighted by atomic mass is 16.5. The standard InChI is InChI=1S/C33H36N4O2/c1-36(2)29-18-16-26(17-19-29)25-14-12-24(13-15-25)22-37(33(38)27-8-5-4-6-9-27)30-11-7-10-28(20-30)31-21-32(39-3)35-23-34-31/h7,10-21,23,27H,4-6,8-9,22H2,1-3H3. The van der Waals surface area contributed by atoms with Gasteiger partial charge in [-0.15, -0.1) is 0 Å². The number of ether oxygens (including phenoxy) is 1. The summed E-state index contributed by atoms with van der Waals surface area (Å²) in [6.45, 7) is 0.520. The quantitative estimate of drug-likeness (QED) is 0.250. The predicted octanol–water partition coefficient (Wildman–Crippen LogP) is 7.00. The Balaban J connectivity index is 1.43. The molecule has 1 fully saturated rings. The Morgan fingerprint density at radius 3 is 2.18 bits per heavy atom. The zero-order chi connectivity index (χ0) is 27.2. The third kappa shape index (κ3) is 6.28. The van der Waals surface area contributed by atoms with Crippen LogP contribution in [0.2, 0.25) is 0 Å². The Bertz CT molecular complexity index is 1390. The molecule has 1 aliphatic rings. The smallest absolute Gasteiger partial charge is 0.230 e. The zero-order valence-corrected chi connectivity index (χ0v) is 23.0. The van der Waals surface area contributed by atoms with E-state index in [1.54, 1.807) is 7.11 Å². The van der Waals surface area contributed by atoms with Crippen molar-refractivity contribution in [1.29, 1.82) is 0 Å². The number of carbonyl (C=O) groups excluding carboxylic acids is 1. The van der Waals surface area contributed by atoms with Gasteiger partial charge in [-0.3, -0.25) is 4.79 Å². The second-order valence-corrected chi connectivity index (χ2v) is 10.4. The molecular weight excluding hydrogens is 484 g/mol. The summed E-state index contributed by atoms with van der Waals surface area (Å²) in [6.07, 6.45) is 6.87. The average Bonchev–Trinajstić information content (AvgIpc) is 3.00. The summed E-state index contributed by atoms with van der Waals surface area (Å²) in [4.78, 5) is 26.5. The average molecular weight is 521 g/mol. The van der Waals surface area contributed by atoms with E-state index in [1.165, 1.54) is 24.0 Å². The minimum atomic E-state index is 0.0658. The van der Waals surface area contributed by atoms with Crippen LogP contribution in [0.5, 0.6) is 5.88 Å². The first-order valence-electron chi connectivity index (χ1n) is 13.7. The Labute approximate surface area is 231 Å². The molecule has 0 radical (unpaired) electrons. The Kier molecular flexibility index (Phi) is 8.21. The van der Waals surface area contributed by atoms with E-state index in [1.807, 2.05) is 49.3 Å². The fraction of sp³-hybridized carbons (Fsp3) is 0.303. The van der Waals surface area contributed by atoms with Crippen LogP contribution in [0.3, 0.4) is 0 Å². The normalized spacial score (nSPS) is 13.6. The maximum atomic E-state index is 13.9. The highest BCUT2D eigenvalue weighted by Crippen LogP contribution is 2.31. The van der Waals surface area contributed by atoms with Crippen LogP contribution >= 0.6 is 0 Å². The molecule has 1 heterocycles. The predicted molar refractivity (Wildman–Crippen MR) is 158 cm³/mol. The first-order valence-corrected chi connectivity index (χ1v) is 13.7. The molecule has 0 N–H and O–H groups in total. The number of amides is 1. The van der Waals surface area contributed by atoms with Gasteiger partial charge in [-0.25, -0.2) is 9.97 Å². The summed E-state index contributed by atoms with van der Waals surface area (Å²) in [5, 5.41) is 0. The van der Waals surface area contributed by atoms with Crippen LogP contribution in [0.25, 0.3) is 22.4 Å². The topological polar surface area (TPSA) is 58.6 Å². The third-order valence-corrected chi connectivity index (χ3v) is 7.54. The number of carbonyl (C=O) groups is 1. The number of hydrogen-bond donors (Lipinski definition) is 0. The molecule has 1 amide bonds. The molecule has 0 unspecified atom stereocenters. The highest BCUT2D eigenvalue weighted by molar-refractivity contribution is 5.95. The molecule has 0 bridgehead atoms. The van der Waals surface area contributed by atoms with E-state index < -0.39 is 0 Å². The number of benzene rings is 3. The van der Waals surface area contributed by atoms with Crippen LogP contribution in [0.4, 0.5) is 11.4 Å². The largest absolute Gasteiger partial charge is 0.481 e. The number of anilines is 2. The van der Waals surface area contributed by atoms with Gasteiger partial charge < -0.3 is 14.5 Å². The minimum absolute atomic E-state index is 0.0658. The summed E-state index contributed by atoms with van der Waals surface area (Å²) in [5.41, 5.74) is 7.18. The molecule has 6 heteroatoms. The van der Waals surface area contributed by atoms with Gasteiger partial charge in [0.15, 0.2) is 0 Å². The molecule has 0 aliphatic heterocycles. The zero-order valence-electron chi connectivity index (χ0n) is 23.0. The number of aromatic nitrogens is 2. The molecule has 5 rings (SSSR count). The van der Waals surface area contributed by atoms with Crippen molar-refractivity contribution in [3.63, 3.8) is 0 Å². The van der Waals surface area contributed by atoms with Gasteiger partial charge >= 0.3 is 0 Å². The second kappa shape index (κ2) is 12.1. The molecule has 0 atom stereocenters. The van der Waals surface area contributed by atoms with Crippen LogP contribution in [-0.4, -0.2) is 37.1 Å².